The van der Waals surface area contributed by atoms with E-state index in [0.29, 0.717) is 17.1 Å². The molecule has 1 fully saturated rings. The van der Waals surface area contributed by atoms with E-state index in [1.54, 1.807) is 10.8 Å². The largest absolute Gasteiger partial charge is 0.353 e. The number of rotatable bonds is 4. The van der Waals surface area contributed by atoms with Gasteiger partial charge in [0.15, 0.2) is 10.8 Å². The molecule has 1 saturated heterocycles. The Labute approximate surface area is 164 Å². The highest BCUT2D eigenvalue weighted by Gasteiger charge is 2.27. The van der Waals surface area contributed by atoms with Crippen molar-refractivity contribution in [3.63, 3.8) is 0 Å². The van der Waals surface area contributed by atoms with Crippen LogP contribution in [-0.2, 0) is 0 Å². The Balaban J connectivity index is 1.27. The van der Waals surface area contributed by atoms with Gasteiger partial charge in [-0.2, -0.15) is 4.52 Å². The van der Waals surface area contributed by atoms with Crippen molar-refractivity contribution in [3.05, 3.63) is 53.6 Å². The molecule has 0 aromatic carbocycles. The van der Waals surface area contributed by atoms with Gasteiger partial charge in [0.05, 0.1) is 5.69 Å². The molecule has 0 saturated carbocycles. The summed E-state index contributed by atoms with van der Waals surface area (Å²) in [5, 5.41) is 16.3. The first-order valence-corrected chi connectivity index (χ1v) is 9.83. The zero-order valence-electron chi connectivity index (χ0n) is 15.2. The molecule has 142 valence electrons. The van der Waals surface area contributed by atoms with Gasteiger partial charge in [-0.1, -0.05) is 11.3 Å². The lowest BCUT2D eigenvalue weighted by Gasteiger charge is -2.17. The molecule has 5 heterocycles. The highest BCUT2D eigenvalue weighted by Crippen LogP contribution is 2.23. The lowest BCUT2D eigenvalue weighted by molar-refractivity contribution is 0.0943. The van der Waals surface area contributed by atoms with Gasteiger partial charge in [0, 0.05) is 31.5 Å². The summed E-state index contributed by atoms with van der Waals surface area (Å²) >= 11 is 1.40. The third-order valence-electron chi connectivity index (χ3n) is 4.81. The number of anilines is 1. The summed E-state index contributed by atoms with van der Waals surface area (Å²) < 4.78 is 3.57. The smallest absolute Gasteiger partial charge is 0.263 e. The number of aromatic nitrogens is 6. The number of fused-ring (bicyclic) bond motifs is 1. The van der Waals surface area contributed by atoms with Crippen LogP contribution in [0.2, 0.25) is 0 Å². The third kappa shape index (κ3) is 3.01. The van der Waals surface area contributed by atoms with E-state index in [1.165, 1.54) is 11.3 Å². The highest BCUT2D eigenvalue weighted by atomic mass is 32.1. The van der Waals surface area contributed by atoms with Gasteiger partial charge in [-0.15, -0.1) is 15.3 Å². The molecule has 0 unspecified atom stereocenters. The zero-order valence-corrected chi connectivity index (χ0v) is 16.0. The van der Waals surface area contributed by atoms with E-state index < -0.39 is 0 Å². The first kappa shape index (κ1) is 16.9. The summed E-state index contributed by atoms with van der Waals surface area (Å²) in [6.45, 7) is 3.42. The van der Waals surface area contributed by atoms with E-state index in [9.17, 15) is 4.79 Å². The molecule has 10 heteroatoms. The quantitative estimate of drug-likeness (QED) is 0.566. The molecule has 28 heavy (non-hydrogen) atoms. The van der Waals surface area contributed by atoms with Gasteiger partial charge in [0.2, 0.25) is 0 Å². The maximum absolute atomic E-state index is 12.8. The standard InChI is InChI=1S/C18H18N8OS/c1-12-16(28-18(20-12)24-7-2-3-8-24)17(27)21-13-6-9-25(10-13)15-5-4-14-22-19-11-26(14)23-15/h2-5,7-8,11,13H,6,9-10H2,1H3,(H,21,27)/t13-/m0/s1. The average molecular weight is 394 g/mol. The second-order valence-corrected chi connectivity index (χ2v) is 7.71. The van der Waals surface area contributed by atoms with Crippen LogP contribution in [0.4, 0.5) is 5.82 Å². The molecule has 9 nitrogen and oxygen atoms in total. The van der Waals surface area contributed by atoms with E-state index in [0.717, 1.165) is 29.6 Å². The number of carbonyl (C=O) groups excluding carboxylic acids is 1. The van der Waals surface area contributed by atoms with Crippen molar-refractivity contribution in [1.82, 2.24) is 34.7 Å². The van der Waals surface area contributed by atoms with E-state index >= 15 is 0 Å². The minimum absolute atomic E-state index is 0.0672. The number of hydrogen-bond acceptors (Lipinski definition) is 7. The Kier molecular flexibility index (Phi) is 4.05. The van der Waals surface area contributed by atoms with Crippen LogP contribution in [0.5, 0.6) is 0 Å². The molecule has 4 aromatic rings. The Morgan fingerprint density at radius 3 is 3.00 bits per heavy atom. The number of aryl methyl sites for hydroxylation is 1. The molecule has 1 atom stereocenters. The van der Waals surface area contributed by atoms with E-state index in [4.69, 9.17) is 0 Å². The molecule has 5 rings (SSSR count). The van der Waals surface area contributed by atoms with Gasteiger partial charge in [0.25, 0.3) is 5.91 Å². The molecule has 0 radical (unpaired) electrons. The van der Waals surface area contributed by atoms with Crippen molar-refractivity contribution in [1.29, 1.82) is 0 Å². The maximum Gasteiger partial charge on any atom is 0.263 e. The van der Waals surface area contributed by atoms with Gasteiger partial charge < -0.3 is 14.8 Å². The molecular formula is C18H18N8OS. The number of carbonyl (C=O) groups is 1. The number of nitrogens with zero attached hydrogens (tertiary/aromatic N) is 7. The Morgan fingerprint density at radius 2 is 2.14 bits per heavy atom. The van der Waals surface area contributed by atoms with Crippen molar-refractivity contribution < 1.29 is 4.79 Å². The number of amides is 1. The summed E-state index contributed by atoms with van der Waals surface area (Å²) in [7, 11) is 0. The molecule has 1 aliphatic heterocycles. The highest BCUT2D eigenvalue weighted by molar-refractivity contribution is 7.16. The van der Waals surface area contributed by atoms with Crippen LogP contribution in [0.25, 0.3) is 10.8 Å². The third-order valence-corrected chi connectivity index (χ3v) is 5.98. The summed E-state index contributed by atoms with van der Waals surface area (Å²) in [6.07, 6.45) is 6.31. The Morgan fingerprint density at radius 1 is 1.29 bits per heavy atom. The van der Waals surface area contributed by atoms with E-state index in [1.807, 2.05) is 48.1 Å². The van der Waals surface area contributed by atoms with Crippen LogP contribution in [-0.4, -0.2) is 54.4 Å². The van der Waals surface area contributed by atoms with Gasteiger partial charge in [-0.3, -0.25) is 4.79 Å². The summed E-state index contributed by atoms with van der Waals surface area (Å²) in [6, 6.07) is 7.78. The second kappa shape index (κ2) is 6.71. The Bertz CT molecular complexity index is 1130. The van der Waals surface area contributed by atoms with Crippen molar-refractivity contribution in [3.8, 4) is 5.13 Å². The van der Waals surface area contributed by atoms with Crippen molar-refractivity contribution >= 4 is 28.7 Å². The normalized spacial score (nSPS) is 16.8. The van der Waals surface area contributed by atoms with Crippen LogP contribution in [0.15, 0.2) is 43.0 Å². The molecule has 0 aliphatic carbocycles. The van der Waals surface area contributed by atoms with E-state index in [2.05, 4.69) is 30.5 Å². The fourth-order valence-electron chi connectivity index (χ4n) is 3.39. The van der Waals surface area contributed by atoms with Gasteiger partial charge in [0.1, 0.15) is 17.0 Å². The fourth-order valence-corrected chi connectivity index (χ4v) is 4.33. The summed E-state index contributed by atoms with van der Waals surface area (Å²) in [4.78, 5) is 20.1. The predicted octanol–water partition coefficient (Wildman–Crippen LogP) is 1.69. The number of thiazole rings is 1. The molecular weight excluding hydrogens is 376 g/mol. The van der Waals surface area contributed by atoms with Gasteiger partial charge >= 0.3 is 0 Å². The summed E-state index contributed by atoms with van der Waals surface area (Å²) in [5.74, 6) is 0.787. The molecule has 1 N–H and O–H groups in total. The number of nitrogens with one attached hydrogen (secondary N) is 1. The predicted molar refractivity (Wildman–Crippen MR) is 105 cm³/mol. The number of hydrogen-bond donors (Lipinski definition) is 1. The zero-order chi connectivity index (χ0) is 19.1. The first-order valence-electron chi connectivity index (χ1n) is 9.01. The monoisotopic (exact) mass is 394 g/mol. The van der Waals surface area contributed by atoms with Gasteiger partial charge in [-0.05, 0) is 37.6 Å². The fraction of sp³-hybridized carbons (Fsp3) is 0.278. The minimum Gasteiger partial charge on any atom is -0.353 e. The van der Waals surface area contributed by atoms with Crippen molar-refractivity contribution in [2.45, 2.75) is 19.4 Å². The first-order chi connectivity index (χ1) is 13.7. The van der Waals surface area contributed by atoms with Crippen LogP contribution in [0.1, 0.15) is 21.8 Å². The second-order valence-electron chi connectivity index (χ2n) is 6.73. The molecule has 1 aliphatic rings. The molecule has 0 bridgehead atoms. The molecule has 0 spiro atoms. The lowest BCUT2D eigenvalue weighted by atomic mass is 10.2. The Hall–Kier alpha value is -3.27. The lowest BCUT2D eigenvalue weighted by Crippen LogP contribution is -2.37. The van der Waals surface area contributed by atoms with Gasteiger partial charge in [-0.25, -0.2) is 4.98 Å². The van der Waals surface area contributed by atoms with Crippen molar-refractivity contribution in [2.24, 2.45) is 0 Å². The average Bonchev–Trinajstić information content (AvgIpc) is 3.47. The topological polar surface area (TPSA) is 93.2 Å². The minimum atomic E-state index is -0.0672. The van der Waals surface area contributed by atoms with E-state index in [-0.39, 0.29) is 11.9 Å². The van der Waals surface area contributed by atoms with Crippen LogP contribution >= 0.6 is 11.3 Å². The van der Waals surface area contributed by atoms with Crippen LogP contribution < -0.4 is 10.2 Å². The van der Waals surface area contributed by atoms with Crippen molar-refractivity contribution in [2.75, 3.05) is 18.0 Å². The van der Waals surface area contributed by atoms with Crippen LogP contribution in [0.3, 0.4) is 0 Å². The SMILES string of the molecule is Cc1nc(-n2cccc2)sc1C(=O)N[C@H]1CCN(c2ccc3nncn3n2)C1. The van der Waals surface area contributed by atoms with Crippen LogP contribution in [0, 0.1) is 6.92 Å². The maximum atomic E-state index is 12.8. The summed E-state index contributed by atoms with van der Waals surface area (Å²) in [5.41, 5.74) is 1.47. The molecule has 1 amide bonds. The molecule has 4 aromatic heterocycles.